The molecule has 1 N–H and O–H groups in total. The summed E-state index contributed by atoms with van der Waals surface area (Å²) >= 11 is 0. The molecule has 0 radical (unpaired) electrons. The van der Waals surface area contributed by atoms with Crippen molar-refractivity contribution in [2.24, 2.45) is 0 Å². The van der Waals surface area contributed by atoms with E-state index < -0.39 is 18.0 Å². The Balaban J connectivity index is 1.82. The lowest BCUT2D eigenvalue weighted by Gasteiger charge is -2.42. The van der Waals surface area contributed by atoms with Crippen LogP contribution in [0.5, 0.6) is 0 Å². The van der Waals surface area contributed by atoms with Crippen LogP contribution < -0.4 is 4.90 Å². The molecule has 0 saturated carbocycles. The number of aliphatic carboxylic acids is 1. The lowest BCUT2D eigenvalue weighted by atomic mass is 10.1. The number of rotatable bonds is 11. The molecule has 3 rings (SSSR count). The standard InChI is InChI=1S/C30H42N4O4/c1-4-6-11-18-31(19-12-7-5-2)29(37)32-20-21-33(27(23-32)28(35)36)30(38)34(25-15-9-8-10-16-25)26-17-13-14-24(3)22-26/h8-10,13-17,22,27H,4-7,11-12,18-21,23H2,1-3H3,(H,35,36)/t27-/m0/s1. The number of carbonyl (C=O) groups excluding carboxylic acids is 2. The Morgan fingerprint density at radius 3 is 2.05 bits per heavy atom. The second-order valence-electron chi connectivity index (χ2n) is 9.97. The molecule has 0 unspecified atom stereocenters. The Kier molecular flexibility index (Phi) is 11.0. The predicted octanol–water partition coefficient (Wildman–Crippen LogP) is 6.13. The molecule has 1 fully saturated rings. The van der Waals surface area contributed by atoms with Crippen molar-refractivity contribution in [1.29, 1.82) is 0 Å². The number of carboxylic acid groups (broad SMARTS) is 1. The second-order valence-corrected chi connectivity index (χ2v) is 9.97. The van der Waals surface area contributed by atoms with Gasteiger partial charge < -0.3 is 19.8 Å². The number of anilines is 2. The molecule has 8 nitrogen and oxygen atoms in total. The smallest absolute Gasteiger partial charge is 0.329 e. The zero-order valence-corrected chi connectivity index (χ0v) is 23.0. The van der Waals surface area contributed by atoms with Gasteiger partial charge in [0.25, 0.3) is 0 Å². The molecule has 206 valence electrons. The molecular weight excluding hydrogens is 480 g/mol. The molecule has 1 aliphatic rings. The number of urea groups is 2. The highest BCUT2D eigenvalue weighted by Crippen LogP contribution is 2.29. The largest absolute Gasteiger partial charge is 0.480 e. The van der Waals surface area contributed by atoms with Crippen LogP contribution in [-0.2, 0) is 4.79 Å². The average Bonchev–Trinajstić information content (AvgIpc) is 2.92. The first-order chi connectivity index (χ1) is 18.4. The number of carboxylic acids is 1. The quantitative estimate of drug-likeness (QED) is 0.360. The van der Waals surface area contributed by atoms with Crippen molar-refractivity contribution in [2.45, 2.75) is 65.3 Å². The summed E-state index contributed by atoms with van der Waals surface area (Å²) in [5.41, 5.74) is 2.32. The van der Waals surface area contributed by atoms with Crippen LogP contribution in [0.4, 0.5) is 21.0 Å². The lowest BCUT2D eigenvalue weighted by Crippen LogP contribution is -2.62. The second kappa shape index (κ2) is 14.4. The van der Waals surface area contributed by atoms with E-state index in [0.29, 0.717) is 31.0 Å². The van der Waals surface area contributed by atoms with Gasteiger partial charge in [0.15, 0.2) is 0 Å². The maximum atomic E-state index is 14.0. The molecule has 0 aliphatic carbocycles. The van der Waals surface area contributed by atoms with Crippen molar-refractivity contribution in [3.63, 3.8) is 0 Å². The van der Waals surface area contributed by atoms with Gasteiger partial charge in [0, 0.05) is 26.2 Å². The van der Waals surface area contributed by atoms with E-state index in [2.05, 4.69) is 13.8 Å². The molecule has 8 heteroatoms. The fourth-order valence-electron chi connectivity index (χ4n) is 4.85. The highest BCUT2D eigenvalue weighted by atomic mass is 16.4. The van der Waals surface area contributed by atoms with Crippen LogP contribution in [0, 0.1) is 6.92 Å². The summed E-state index contributed by atoms with van der Waals surface area (Å²) in [6, 6.07) is 15.1. The fraction of sp³-hybridized carbons (Fsp3) is 0.500. The molecule has 1 heterocycles. The highest BCUT2D eigenvalue weighted by molar-refractivity contribution is 6.01. The van der Waals surface area contributed by atoms with Gasteiger partial charge in [0.1, 0.15) is 6.04 Å². The van der Waals surface area contributed by atoms with Crippen LogP contribution in [-0.4, -0.2) is 76.6 Å². The molecule has 1 saturated heterocycles. The lowest BCUT2D eigenvalue weighted by molar-refractivity contribution is -0.143. The van der Waals surface area contributed by atoms with E-state index in [0.717, 1.165) is 44.1 Å². The van der Waals surface area contributed by atoms with Gasteiger partial charge in [-0.3, -0.25) is 4.90 Å². The summed E-state index contributed by atoms with van der Waals surface area (Å²) in [6.07, 6.45) is 6.09. The molecule has 38 heavy (non-hydrogen) atoms. The number of benzene rings is 2. The van der Waals surface area contributed by atoms with Crippen molar-refractivity contribution in [2.75, 3.05) is 37.6 Å². The summed E-state index contributed by atoms with van der Waals surface area (Å²) in [7, 11) is 0. The van der Waals surface area contributed by atoms with Gasteiger partial charge in [0.05, 0.1) is 17.9 Å². The summed E-state index contributed by atoms with van der Waals surface area (Å²) in [5, 5.41) is 10.1. The first-order valence-electron chi connectivity index (χ1n) is 13.9. The molecule has 1 aliphatic heterocycles. The number of nitrogens with zero attached hydrogens (tertiary/aromatic N) is 4. The summed E-state index contributed by atoms with van der Waals surface area (Å²) in [6.45, 7) is 7.96. The fourth-order valence-corrected chi connectivity index (χ4v) is 4.85. The third-order valence-electron chi connectivity index (χ3n) is 6.98. The van der Waals surface area contributed by atoms with Crippen LogP contribution in [0.1, 0.15) is 57.9 Å². The van der Waals surface area contributed by atoms with Crippen LogP contribution in [0.15, 0.2) is 54.6 Å². The third kappa shape index (κ3) is 7.49. The van der Waals surface area contributed by atoms with Gasteiger partial charge >= 0.3 is 18.0 Å². The van der Waals surface area contributed by atoms with Crippen molar-refractivity contribution < 1.29 is 19.5 Å². The minimum atomic E-state index is -1.13. The molecule has 0 aromatic heterocycles. The van der Waals surface area contributed by atoms with Gasteiger partial charge in [-0.05, 0) is 49.6 Å². The molecule has 2 aromatic rings. The normalized spacial score (nSPS) is 15.3. The molecule has 2 aromatic carbocycles. The van der Waals surface area contributed by atoms with E-state index in [4.69, 9.17) is 0 Å². The number of aryl methyl sites for hydroxylation is 1. The molecule has 1 atom stereocenters. The van der Waals surface area contributed by atoms with Gasteiger partial charge in [-0.2, -0.15) is 0 Å². The molecule has 4 amide bonds. The number of amides is 4. The van der Waals surface area contributed by atoms with E-state index in [1.54, 1.807) is 9.80 Å². The molecule has 0 spiro atoms. The van der Waals surface area contributed by atoms with E-state index in [9.17, 15) is 19.5 Å². The maximum absolute atomic E-state index is 14.0. The topological polar surface area (TPSA) is 84.4 Å². The van der Waals surface area contributed by atoms with Gasteiger partial charge in [0.2, 0.25) is 0 Å². The summed E-state index contributed by atoms with van der Waals surface area (Å²) in [5.74, 6) is -1.11. The van der Waals surface area contributed by atoms with E-state index >= 15 is 0 Å². The number of para-hydroxylation sites is 1. The van der Waals surface area contributed by atoms with Crippen molar-refractivity contribution in [1.82, 2.24) is 14.7 Å². The Labute approximate surface area is 226 Å². The maximum Gasteiger partial charge on any atom is 0.329 e. The Hall–Kier alpha value is -3.55. The zero-order chi connectivity index (χ0) is 27.5. The first kappa shape index (κ1) is 29.0. The predicted molar refractivity (Wildman–Crippen MR) is 151 cm³/mol. The third-order valence-corrected chi connectivity index (χ3v) is 6.98. The molecule has 0 bridgehead atoms. The van der Waals surface area contributed by atoms with Crippen molar-refractivity contribution in [3.05, 3.63) is 60.2 Å². The SMILES string of the molecule is CCCCCN(CCCCC)C(=O)N1CCN(C(=O)N(c2ccccc2)c2cccc(C)c2)[C@H](C(=O)O)C1. The minimum Gasteiger partial charge on any atom is -0.480 e. The van der Waals surface area contributed by atoms with Crippen molar-refractivity contribution in [3.8, 4) is 0 Å². The van der Waals surface area contributed by atoms with Gasteiger partial charge in [-0.1, -0.05) is 69.9 Å². The monoisotopic (exact) mass is 522 g/mol. The summed E-state index contributed by atoms with van der Waals surface area (Å²) in [4.78, 5) is 46.3. The van der Waals surface area contributed by atoms with E-state index in [1.165, 1.54) is 4.90 Å². The van der Waals surface area contributed by atoms with E-state index in [1.807, 2.05) is 66.4 Å². The average molecular weight is 523 g/mol. The first-order valence-corrected chi connectivity index (χ1v) is 13.9. The number of unbranched alkanes of at least 4 members (excludes halogenated alkanes) is 4. The Bertz CT molecular complexity index is 1050. The minimum absolute atomic E-state index is 0.0333. The number of hydrogen-bond acceptors (Lipinski definition) is 3. The van der Waals surface area contributed by atoms with Crippen LogP contribution in [0.25, 0.3) is 0 Å². The van der Waals surface area contributed by atoms with E-state index in [-0.39, 0.29) is 19.1 Å². The van der Waals surface area contributed by atoms with Gasteiger partial charge in [-0.15, -0.1) is 0 Å². The van der Waals surface area contributed by atoms with Crippen LogP contribution in [0.3, 0.4) is 0 Å². The van der Waals surface area contributed by atoms with Crippen LogP contribution >= 0.6 is 0 Å². The highest BCUT2D eigenvalue weighted by Gasteiger charge is 2.40. The Morgan fingerprint density at radius 1 is 0.842 bits per heavy atom. The van der Waals surface area contributed by atoms with Crippen molar-refractivity contribution >= 4 is 29.4 Å². The number of carbonyl (C=O) groups is 3. The van der Waals surface area contributed by atoms with Crippen LogP contribution in [0.2, 0.25) is 0 Å². The molecular formula is C30H42N4O4. The zero-order valence-electron chi connectivity index (χ0n) is 23.0. The Morgan fingerprint density at radius 2 is 1.47 bits per heavy atom. The van der Waals surface area contributed by atoms with Gasteiger partial charge in [-0.25, -0.2) is 14.4 Å². The number of piperazine rings is 1. The number of hydrogen-bond donors (Lipinski definition) is 1. The summed E-state index contributed by atoms with van der Waals surface area (Å²) < 4.78 is 0.